The van der Waals surface area contributed by atoms with Gasteiger partial charge in [0.2, 0.25) is 0 Å². The highest BCUT2D eigenvalue weighted by Gasteiger charge is 2.29. The molecule has 1 aromatic heterocycles. The molecule has 2 N–H and O–H groups in total. The lowest BCUT2D eigenvalue weighted by Gasteiger charge is -2.27. The molecular weight excluding hydrogens is 244 g/mol. The lowest BCUT2D eigenvalue weighted by Crippen LogP contribution is -2.32. The zero-order valence-electron chi connectivity index (χ0n) is 11.8. The van der Waals surface area contributed by atoms with Crippen molar-refractivity contribution in [1.82, 2.24) is 4.68 Å². The molecule has 1 heterocycles. The Kier molecular flexibility index (Phi) is 2.25. The summed E-state index contributed by atoms with van der Waals surface area (Å²) in [6, 6.07) is 8.60. The smallest absolute Gasteiger partial charge is 0.0659 e. The number of nitrogen functional groups attached to an aromatic ring is 1. The molecule has 2 aliphatic rings. The topological polar surface area (TPSA) is 30.9 Å². The molecule has 2 unspecified atom stereocenters. The van der Waals surface area contributed by atoms with E-state index in [1.165, 1.54) is 21.6 Å². The minimum Gasteiger partial charge on any atom is -0.339 e. The summed E-state index contributed by atoms with van der Waals surface area (Å²) in [5.74, 6) is 7.04. The molecule has 0 bridgehead atoms. The first-order chi connectivity index (χ1) is 9.66. The van der Waals surface area contributed by atoms with Crippen LogP contribution in [0.5, 0.6) is 0 Å². The number of hydrogen-bond donors (Lipinski definition) is 1. The van der Waals surface area contributed by atoms with Crippen LogP contribution in [-0.4, -0.2) is 4.68 Å². The lowest BCUT2D eigenvalue weighted by molar-refractivity contribution is 0.744. The van der Waals surface area contributed by atoms with Crippen LogP contribution in [0, 0.1) is 19.8 Å². The molecule has 0 fully saturated rings. The molecule has 2 aliphatic carbocycles. The number of benzene rings is 1. The largest absolute Gasteiger partial charge is 0.339 e. The molecule has 20 heavy (non-hydrogen) atoms. The van der Waals surface area contributed by atoms with Crippen LogP contribution < -0.4 is 16.3 Å². The third kappa shape index (κ3) is 1.39. The second-order valence-corrected chi connectivity index (χ2v) is 5.80. The Hall–Kier alpha value is -2.22. The van der Waals surface area contributed by atoms with Crippen molar-refractivity contribution in [1.29, 1.82) is 0 Å². The molecule has 100 valence electrons. The van der Waals surface area contributed by atoms with E-state index >= 15 is 0 Å². The molecule has 0 saturated carbocycles. The van der Waals surface area contributed by atoms with Crippen molar-refractivity contribution in [3.8, 4) is 0 Å². The molecule has 0 radical (unpaired) electrons. The van der Waals surface area contributed by atoms with E-state index in [1.54, 1.807) is 0 Å². The number of allylic oxidation sites excluding steroid dienone is 1. The van der Waals surface area contributed by atoms with E-state index in [-0.39, 0.29) is 0 Å². The Balaban J connectivity index is 2.02. The van der Waals surface area contributed by atoms with Crippen molar-refractivity contribution in [2.75, 3.05) is 5.84 Å². The van der Waals surface area contributed by atoms with Crippen LogP contribution in [0.4, 0.5) is 0 Å². The van der Waals surface area contributed by atoms with E-state index in [0.29, 0.717) is 11.8 Å². The molecule has 0 saturated heterocycles. The van der Waals surface area contributed by atoms with Crippen molar-refractivity contribution >= 4 is 18.2 Å². The summed E-state index contributed by atoms with van der Waals surface area (Å²) in [6.07, 6.45) is 9.23. The highest BCUT2D eigenvalue weighted by molar-refractivity contribution is 5.68. The second kappa shape index (κ2) is 3.89. The summed E-state index contributed by atoms with van der Waals surface area (Å²) < 4.78 is 1.83. The Labute approximate surface area is 118 Å². The predicted octanol–water partition coefficient (Wildman–Crippen LogP) is 1.82. The van der Waals surface area contributed by atoms with Crippen molar-refractivity contribution in [2.24, 2.45) is 5.92 Å². The highest BCUT2D eigenvalue weighted by atomic mass is 15.3. The van der Waals surface area contributed by atoms with E-state index in [9.17, 15) is 0 Å². The first-order valence-electron chi connectivity index (χ1n) is 7.10. The number of nitrogens with two attached hydrogens (primary N) is 1. The van der Waals surface area contributed by atoms with E-state index in [2.05, 4.69) is 62.4 Å². The van der Waals surface area contributed by atoms with E-state index in [1.807, 2.05) is 4.68 Å². The average Bonchev–Trinajstić information content (AvgIpc) is 2.70. The van der Waals surface area contributed by atoms with Crippen LogP contribution in [0.2, 0.25) is 0 Å². The van der Waals surface area contributed by atoms with Crippen molar-refractivity contribution < 1.29 is 0 Å². The maximum Gasteiger partial charge on any atom is 0.0659 e. The molecule has 2 atom stereocenters. The monoisotopic (exact) mass is 262 g/mol. The van der Waals surface area contributed by atoms with Crippen LogP contribution in [-0.2, 0) is 0 Å². The maximum absolute atomic E-state index is 6.18. The molecule has 4 rings (SSSR count). The Bertz CT molecular complexity index is 852. The van der Waals surface area contributed by atoms with Gasteiger partial charge in [0.25, 0.3) is 0 Å². The van der Waals surface area contributed by atoms with Gasteiger partial charge in [0, 0.05) is 17.5 Å². The van der Waals surface area contributed by atoms with E-state index in [0.717, 1.165) is 11.4 Å². The van der Waals surface area contributed by atoms with Gasteiger partial charge < -0.3 is 5.84 Å². The van der Waals surface area contributed by atoms with Gasteiger partial charge in [-0.25, -0.2) is 0 Å². The molecular formula is C18H18N2. The maximum atomic E-state index is 6.18. The first-order valence-corrected chi connectivity index (χ1v) is 7.10. The fraction of sp³-hybridized carbons (Fsp3) is 0.222. The van der Waals surface area contributed by atoms with Gasteiger partial charge in [-0.2, -0.15) is 0 Å². The molecule has 0 aliphatic heterocycles. The Morgan fingerprint density at radius 2 is 1.75 bits per heavy atom. The van der Waals surface area contributed by atoms with Crippen LogP contribution in [0.15, 0.2) is 30.3 Å². The van der Waals surface area contributed by atoms with Gasteiger partial charge in [-0.05, 0) is 41.5 Å². The summed E-state index contributed by atoms with van der Waals surface area (Å²) in [7, 11) is 0. The number of nitrogens with zero attached hydrogens (tertiary/aromatic N) is 1. The van der Waals surface area contributed by atoms with Crippen molar-refractivity contribution in [3.05, 3.63) is 63.3 Å². The van der Waals surface area contributed by atoms with Gasteiger partial charge in [0.1, 0.15) is 0 Å². The molecule has 0 amide bonds. The van der Waals surface area contributed by atoms with Crippen LogP contribution in [0.3, 0.4) is 0 Å². The summed E-state index contributed by atoms with van der Waals surface area (Å²) >= 11 is 0. The predicted molar refractivity (Wildman–Crippen MR) is 83.9 cm³/mol. The Morgan fingerprint density at radius 3 is 2.50 bits per heavy atom. The van der Waals surface area contributed by atoms with Gasteiger partial charge in [-0.1, -0.05) is 42.5 Å². The second-order valence-electron chi connectivity index (χ2n) is 5.80. The minimum absolute atomic E-state index is 0.411. The zero-order chi connectivity index (χ0) is 13.9. The minimum atomic E-state index is 0.411. The molecule has 1 aromatic carbocycles. The molecule has 2 heteroatoms. The van der Waals surface area contributed by atoms with Crippen molar-refractivity contribution in [2.45, 2.75) is 19.8 Å². The average molecular weight is 262 g/mol. The molecule has 2 aromatic rings. The fourth-order valence-electron chi connectivity index (χ4n) is 3.55. The number of fused-ring (bicyclic) bond motifs is 4. The van der Waals surface area contributed by atoms with Gasteiger partial charge in [0.15, 0.2) is 0 Å². The highest BCUT2D eigenvalue weighted by Crippen LogP contribution is 2.40. The third-order valence-electron chi connectivity index (χ3n) is 4.80. The molecule has 2 nitrogen and oxygen atoms in total. The number of hydrogen-bond acceptors (Lipinski definition) is 1. The van der Waals surface area contributed by atoms with Crippen molar-refractivity contribution in [3.63, 3.8) is 0 Å². The van der Waals surface area contributed by atoms with Crippen LogP contribution in [0.1, 0.15) is 28.4 Å². The summed E-state index contributed by atoms with van der Waals surface area (Å²) in [5.41, 5.74) is 5.03. The SMILES string of the molecule is Cc1c2c(n(N)c1C)C=CC1C=c3ccccc3=CC21. The zero-order valence-corrected chi connectivity index (χ0v) is 11.8. The van der Waals surface area contributed by atoms with Gasteiger partial charge in [0.05, 0.1) is 5.69 Å². The first kappa shape index (κ1) is 11.6. The van der Waals surface area contributed by atoms with Crippen LogP contribution >= 0.6 is 0 Å². The van der Waals surface area contributed by atoms with Gasteiger partial charge in [-0.15, -0.1) is 0 Å². The summed E-state index contributed by atoms with van der Waals surface area (Å²) in [6.45, 7) is 4.28. The third-order valence-corrected chi connectivity index (χ3v) is 4.80. The van der Waals surface area contributed by atoms with Gasteiger partial charge >= 0.3 is 0 Å². The van der Waals surface area contributed by atoms with Gasteiger partial charge in [-0.3, -0.25) is 4.68 Å². The lowest BCUT2D eigenvalue weighted by atomic mass is 9.77. The fourth-order valence-corrected chi connectivity index (χ4v) is 3.55. The van der Waals surface area contributed by atoms with E-state index in [4.69, 9.17) is 5.84 Å². The number of aromatic nitrogens is 1. The quantitative estimate of drug-likeness (QED) is 0.721. The van der Waals surface area contributed by atoms with Crippen LogP contribution in [0.25, 0.3) is 18.2 Å². The Morgan fingerprint density at radius 1 is 1.05 bits per heavy atom. The van der Waals surface area contributed by atoms with E-state index < -0.39 is 0 Å². The standard InChI is InChI=1S/C18H18N2/c1-11-12(2)20(19)17-8-7-15-9-13-5-3-4-6-14(13)10-16(15)18(11)17/h3-10,15-16H,19H2,1-2H3. The summed E-state index contributed by atoms with van der Waals surface area (Å²) in [4.78, 5) is 0. The summed E-state index contributed by atoms with van der Waals surface area (Å²) in [5, 5.41) is 2.67. The molecule has 0 spiro atoms. The normalized spacial score (nSPS) is 22.3. The number of rotatable bonds is 0.